The molecule has 0 unspecified atom stereocenters. The maximum Gasteiger partial charge on any atom is 0.573 e. The zero-order valence-electron chi connectivity index (χ0n) is 20.5. The fourth-order valence-electron chi connectivity index (χ4n) is 4.07. The van der Waals surface area contributed by atoms with E-state index in [9.17, 15) is 22.8 Å². The van der Waals surface area contributed by atoms with E-state index in [-0.39, 0.29) is 17.6 Å². The van der Waals surface area contributed by atoms with Gasteiger partial charge in [-0.2, -0.15) is 0 Å². The van der Waals surface area contributed by atoms with Crippen LogP contribution in [0.25, 0.3) is 0 Å². The first-order valence-electron chi connectivity index (χ1n) is 11.7. The van der Waals surface area contributed by atoms with Crippen molar-refractivity contribution in [3.05, 3.63) is 96.3 Å². The number of hydrogen-bond donors (Lipinski definition) is 1. The number of rotatable bonds is 6. The van der Waals surface area contributed by atoms with Gasteiger partial charge >= 0.3 is 6.36 Å². The topological polar surface area (TPSA) is 87.4 Å². The van der Waals surface area contributed by atoms with E-state index < -0.39 is 6.36 Å². The molecule has 0 atom stereocenters. The number of benzene rings is 1. The van der Waals surface area contributed by atoms with E-state index in [4.69, 9.17) is 4.42 Å². The van der Waals surface area contributed by atoms with Gasteiger partial charge in [0.05, 0.1) is 17.5 Å². The van der Waals surface area contributed by atoms with Crippen molar-refractivity contribution in [2.24, 2.45) is 4.99 Å². The first-order chi connectivity index (χ1) is 18.1. The third kappa shape index (κ3) is 6.41. The molecule has 0 radical (unpaired) electrons. The molecule has 2 amide bonds. The number of nitrogens with zero attached hydrogens (tertiary/aromatic N) is 3. The summed E-state index contributed by atoms with van der Waals surface area (Å²) >= 11 is 0. The number of halogens is 3. The van der Waals surface area contributed by atoms with Crippen LogP contribution in [0.15, 0.2) is 100 Å². The number of carbonyl (C=O) groups is 2. The predicted octanol–water partition coefficient (Wildman–Crippen LogP) is 4.93. The fraction of sp³-hybridized carbons (Fsp3) is 0.222. The smallest absolute Gasteiger partial charge is 0.472 e. The molecule has 2 aromatic rings. The Labute approximate surface area is 217 Å². The average Bonchev–Trinajstić information content (AvgIpc) is 3.43. The summed E-state index contributed by atoms with van der Waals surface area (Å²) in [5.41, 5.74) is 3.31. The number of hydrogen-bond acceptors (Lipinski definition) is 6. The second kappa shape index (κ2) is 11.2. The Bertz CT molecular complexity index is 1320. The third-order valence-corrected chi connectivity index (χ3v) is 5.92. The molecule has 2 heterocycles. The fourth-order valence-corrected chi connectivity index (χ4v) is 4.07. The number of furan rings is 1. The molecular formula is C27H25F3N4O4. The van der Waals surface area contributed by atoms with Crippen LogP contribution in [0.4, 0.5) is 18.9 Å². The van der Waals surface area contributed by atoms with Crippen molar-refractivity contribution in [2.45, 2.75) is 13.3 Å². The first-order valence-corrected chi connectivity index (χ1v) is 11.7. The van der Waals surface area contributed by atoms with E-state index in [1.54, 1.807) is 41.0 Å². The Kier molecular flexibility index (Phi) is 7.85. The molecule has 2 aliphatic rings. The Hall–Kier alpha value is -4.54. The Morgan fingerprint density at radius 2 is 1.71 bits per heavy atom. The minimum Gasteiger partial charge on any atom is -0.472 e. The molecular weight excluding hydrogens is 501 g/mol. The number of anilines is 1. The van der Waals surface area contributed by atoms with Gasteiger partial charge in [0.1, 0.15) is 12.0 Å². The van der Waals surface area contributed by atoms with E-state index in [2.05, 4.69) is 21.6 Å². The summed E-state index contributed by atoms with van der Waals surface area (Å²) in [7, 11) is 0. The van der Waals surface area contributed by atoms with Gasteiger partial charge in [-0.3, -0.25) is 14.6 Å². The number of allylic oxidation sites excluding steroid dienone is 4. The van der Waals surface area contributed by atoms with Crippen LogP contribution in [0.5, 0.6) is 5.75 Å². The van der Waals surface area contributed by atoms with Crippen molar-refractivity contribution in [2.75, 3.05) is 31.5 Å². The van der Waals surface area contributed by atoms with Crippen LogP contribution in [0, 0.1) is 0 Å². The number of piperazine rings is 1. The van der Waals surface area contributed by atoms with Crippen LogP contribution in [0.2, 0.25) is 0 Å². The summed E-state index contributed by atoms with van der Waals surface area (Å²) < 4.78 is 46.1. The minimum atomic E-state index is -4.76. The highest BCUT2D eigenvalue weighted by molar-refractivity contribution is 6.17. The lowest BCUT2D eigenvalue weighted by atomic mass is 9.97. The highest BCUT2D eigenvalue weighted by atomic mass is 19.4. The molecule has 0 bridgehead atoms. The average molecular weight is 527 g/mol. The summed E-state index contributed by atoms with van der Waals surface area (Å²) in [6.07, 6.45) is 4.55. The molecule has 4 rings (SSSR count). The van der Waals surface area contributed by atoms with Gasteiger partial charge in [0.2, 0.25) is 0 Å². The standard InChI is InChI=1S/C27H25F3N4O4/c1-3-31-24-16-19(25(35)33-11-13-34(14-12-33)26(36)20-10-15-37-17-20)4-9-23(24)18(2)32-21-5-7-22(8-6-21)38-27(28,29)30/h3-10,15-17,32H,1,11-14H2,2H3/b23-18+,31-24-. The van der Waals surface area contributed by atoms with Gasteiger partial charge in [-0.15, -0.1) is 13.2 Å². The van der Waals surface area contributed by atoms with Crippen molar-refractivity contribution in [1.82, 2.24) is 9.80 Å². The predicted molar refractivity (Wildman–Crippen MR) is 135 cm³/mol. The molecule has 198 valence electrons. The van der Waals surface area contributed by atoms with Crippen LogP contribution < -0.4 is 10.1 Å². The molecule has 1 N–H and O–H groups in total. The second-order valence-electron chi connectivity index (χ2n) is 8.46. The zero-order valence-corrected chi connectivity index (χ0v) is 20.5. The minimum absolute atomic E-state index is 0.136. The molecule has 1 aliphatic heterocycles. The first kappa shape index (κ1) is 26.5. The summed E-state index contributed by atoms with van der Waals surface area (Å²) in [4.78, 5) is 33.4. The molecule has 0 saturated carbocycles. The molecule has 1 aromatic carbocycles. The zero-order chi connectivity index (χ0) is 27.3. The molecule has 1 fully saturated rings. The van der Waals surface area contributed by atoms with Crippen LogP contribution in [-0.4, -0.2) is 59.9 Å². The van der Waals surface area contributed by atoms with E-state index in [1.807, 2.05) is 0 Å². The number of nitrogens with one attached hydrogen (secondary N) is 1. The quantitative estimate of drug-likeness (QED) is 0.577. The van der Waals surface area contributed by atoms with Crippen LogP contribution in [0.1, 0.15) is 17.3 Å². The molecule has 0 spiro atoms. The van der Waals surface area contributed by atoms with Crippen molar-refractivity contribution in [3.63, 3.8) is 0 Å². The highest BCUT2D eigenvalue weighted by Crippen LogP contribution is 2.26. The monoisotopic (exact) mass is 526 g/mol. The summed E-state index contributed by atoms with van der Waals surface area (Å²) in [6, 6.07) is 6.95. The second-order valence-corrected chi connectivity index (χ2v) is 8.46. The van der Waals surface area contributed by atoms with Crippen LogP contribution in [0.3, 0.4) is 0 Å². The van der Waals surface area contributed by atoms with Crippen molar-refractivity contribution >= 4 is 23.2 Å². The van der Waals surface area contributed by atoms with Gasteiger partial charge in [0, 0.05) is 54.9 Å². The highest BCUT2D eigenvalue weighted by Gasteiger charge is 2.31. The lowest BCUT2D eigenvalue weighted by Crippen LogP contribution is -2.50. The number of aliphatic imine (C=N–C) groups is 1. The van der Waals surface area contributed by atoms with Gasteiger partial charge in [-0.25, -0.2) is 0 Å². The molecule has 1 aliphatic carbocycles. The van der Waals surface area contributed by atoms with E-state index in [0.717, 1.165) is 0 Å². The van der Waals surface area contributed by atoms with E-state index >= 15 is 0 Å². The Balaban J connectivity index is 1.42. The van der Waals surface area contributed by atoms with Crippen molar-refractivity contribution in [3.8, 4) is 5.75 Å². The van der Waals surface area contributed by atoms with Crippen LogP contribution in [-0.2, 0) is 4.79 Å². The SMILES string of the molecule is C=C/N=C1/C=C(C(=O)N2CCN(C(=O)c3ccoc3)CC2)C=C/C1=C(/C)Nc1ccc(OC(F)(F)F)cc1. The van der Waals surface area contributed by atoms with Crippen molar-refractivity contribution in [1.29, 1.82) is 0 Å². The van der Waals surface area contributed by atoms with Crippen molar-refractivity contribution < 1.29 is 31.9 Å². The number of alkyl halides is 3. The largest absolute Gasteiger partial charge is 0.573 e. The Morgan fingerprint density at radius 3 is 2.29 bits per heavy atom. The number of ether oxygens (including phenoxy) is 1. The normalized spacial score (nSPS) is 18.2. The lowest BCUT2D eigenvalue weighted by Gasteiger charge is -2.35. The summed E-state index contributed by atoms with van der Waals surface area (Å²) in [5, 5.41) is 3.13. The lowest BCUT2D eigenvalue weighted by molar-refractivity contribution is -0.274. The van der Waals surface area contributed by atoms with Gasteiger partial charge in [0.25, 0.3) is 11.8 Å². The van der Waals surface area contributed by atoms with Gasteiger partial charge < -0.3 is 24.3 Å². The van der Waals surface area contributed by atoms with Crippen LogP contribution >= 0.6 is 0 Å². The van der Waals surface area contributed by atoms with Gasteiger partial charge in [0.15, 0.2) is 0 Å². The number of carbonyl (C=O) groups excluding carboxylic acids is 2. The summed E-state index contributed by atoms with van der Waals surface area (Å²) in [5.74, 6) is -0.640. The molecule has 8 nitrogen and oxygen atoms in total. The molecule has 11 heteroatoms. The summed E-state index contributed by atoms with van der Waals surface area (Å²) in [6.45, 7) is 7.02. The maximum absolute atomic E-state index is 13.2. The third-order valence-electron chi connectivity index (χ3n) is 5.92. The van der Waals surface area contributed by atoms with Gasteiger partial charge in [-0.1, -0.05) is 12.7 Å². The molecule has 38 heavy (non-hydrogen) atoms. The maximum atomic E-state index is 13.2. The van der Waals surface area contributed by atoms with E-state index in [0.29, 0.717) is 60.0 Å². The molecule has 1 saturated heterocycles. The van der Waals surface area contributed by atoms with E-state index in [1.165, 1.54) is 43.0 Å². The number of amides is 2. The molecule has 1 aromatic heterocycles. The van der Waals surface area contributed by atoms with Gasteiger partial charge in [-0.05, 0) is 49.4 Å². The Morgan fingerprint density at radius 1 is 1.05 bits per heavy atom.